The van der Waals surface area contributed by atoms with E-state index in [0.717, 1.165) is 12.8 Å². The first-order valence-corrected chi connectivity index (χ1v) is 7.04. The van der Waals surface area contributed by atoms with E-state index in [0.29, 0.717) is 6.54 Å². The summed E-state index contributed by atoms with van der Waals surface area (Å²) in [5, 5.41) is 11.3. The quantitative estimate of drug-likeness (QED) is 0.247. The molecule has 0 bridgehead atoms. The van der Waals surface area contributed by atoms with Gasteiger partial charge in [-0.05, 0) is 13.0 Å². The molecule has 0 heterocycles. The van der Waals surface area contributed by atoms with Gasteiger partial charge in [-0.3, -0.25) is 4.89 Å². The van der Waals surface area contributed by atoms with Gasteiger partial charge in [0, 0.05) is 12.5 Å². The van der Waals surface area contributed by atoms with E-state index in [9.17, 15) is 9.59 Å². The lowest BCUT2D eigenvalue weighted by atomic mass is 10.1. The van der Waals surface area contributed by atoms with E-state index in [1.165, 1.54) is 38.2 Å². The van der Waals surface area contributed by atoms with Crippen molar-refractivity contribution in [1.82, 2.24) is 5.32 Å². The predicted molar refractivity (Wildman–Crippen MR) is 73.4 cm³/mol. The van der Waals surface area contributed by atoms with Crippen molar-refractivity contribution in [2.24, 2.45) is 0 Å². The highest BCUT2D eigenvalue weighted by molar-refractivity contribution is 5.75. The van der Waals surface area contributed by atoms with Gasteiger partial charge in [-0.15, -0.1) is 0 Å². The second-order valence-corrected chi connectivity index (χ2v) is 4.60. The molecule has 0 saturated heterocycles. The molecule has 19 heavy (non-hydrogen) atoms. The third-order valence-corrected chi connectivity index (χ3v) is 2.98. The van der Waals surface area contributed by atoms with Crippen molar-refractivity contribution in [2.75, 3.05) is 6.54 Å². The van der Waals surface area contributed by atoms with Crippen LogP contribution in [-0.2, 0) is 14.5 Å². The van der Waals surface area contributed by atoms with Crippen LogP contribution in [0.4, 0.5) is 0 Å². The third kappa shape index (κ3) is 10.4. The summed E-state index contributed by atoms with van der Waals surface area (Å²) < 4.78 is 0. The number of carbonyl (C=O) groups excluding carboxylic acids is 2. The topological polar surface area (TPSA) is 75.6 Å². The van der Waals surface area contributed by atoms with Gasteiger partial charge in [-0.25, -0.2) is 9.59 Å². The molecule has 0 rings (SSSR count). The largest absolute Gasteiger partial charge is 0.359 e. The maximum atomic E-state index is 11.2. The Kier molecular flexibility index (Phi) is 12.5. The van der Waals surface area contributed by atoms with Crippen LogP contribution >= 0.6 is 0 Å². The highest BCUT2D eigenvalue weighted by Gasteiger charge is 2.18. The first-order chi connectivity index (χ1) is 9.26. The minimum absolute atomic E-state index is 0.180. The number of hydrogen-bond donors (Lipinski definition) is 2. The standard InChI is InChI=1S/C14H25NO4/c1-2-3-4-5-6-7-8-11-15-13(10-9-12-16)14(17)19-18/h9,13,15,18H,2-8,10-11H2,1H3. The van der Waals surface area contributed by atoms with E-state index in [2.05, 4.69) is 17.1 Å². The Morgan fingerprint density at radius 3 is 2.47 bits per heavy atom. The first-order valence-electron chi connectivity index (χ1n) is 7.04. The van der Waals surface area contributed by atoms with E-state index >= 15 is 0 Å². The number of rotatable bonds is 12. The molecule has 0 aromatic rings. The molecular weight excluding hydrogens is 246 g/mol. The lowest BCUT2D eigenvalue weighted by Crippen LogP contribution is -2.37. The molecule has 0 saturated carbocycles. The highest BCUT2D eigenvalue weighted by atomic mass is 17.1. The highest BCUT2D eigenvalue weighted by Crippen LogP contribution is 2.06. The molecular formula is C14H25NO4. The van der Waals surface area contributed by atoms with Crippen LogP contribution in [-0.4, -0.2) is 29.8 Å². The molecule has 0 aliphatic heterocycles. The molecule has 5 nitrogen and oxygen atoms in total. The molecule has 0 aliphatic carbocycles. The van der Waals surface area contributed by atoms with Crippen LogP contribution in [0.25, 0.3) is 0 Å². The molecule has 5 heteroatoms. The number of hydrogen-bond acceptors (Lipinski definition) is 5. The second kappa shape index (κ2) is 13.3. The predicted octanol–water partition coefficient (Wildman–Crippen LogP) is 2.49. The Morgan fingerprint density at radius 1 is 1.26 bits per heavy atom. The molecule has 1 atom stereocenters. The van der Waals surface area contributed by atoms with Crippen molar-refractivity contribution in [3.63, 3.8) is 0 Å². The van der Waals surface area contributed by atoms with Gasteiger partial charge in [0.05, 0.1) is 0 Å². The van der Waals surface area contributed by atoms with Crippen LogP contribution in [0.15, 0.2) is 6.08 Å². The molecule has 0 aromatic heterocycles. The normalized spacial score (nSPS) is 11.7. The van der Waals surface area contributed by atoms with E-state index in [-0.39, 0.29) is 6.42 Å². The molecule has 0 spiro atoms. The van der Waals surface area contributed by atoms with Gasteiger partial charge in [0.1, 0.15) is 12.0 Å². The van der Waals surface area contributed by atoms with Crippen LogP contribution in [0.1, 0.15) is 58.3 Å². The molecule has 0 radical (unpaired) electrons. The minimum atomic E-state index is -0.769. The number of unbranched alkanes of at least 4 members (excludes halogenated alkanes) is 6. The third-order valence-electron chi connectivity index (χ3n) is 2.98. The van der Waals surface area contributed by atoms with Crippen molar-refractivity contribution >= 4 is 11.9 Å². The van der Waals surface area contributed by atoms with Crippen molar-refractivity contribution in [2.45, 2.75) is 64.3 Å². The Balaban J connectivity index is 3.63. The Hall–Kier alpha value is -1.16. The molecule has 1 unspecified atom stereocenters. The fourth-order valence-corrected chi connectivity index (χ4v) is 1.85. The summed E-state index contributed by atoms with van der Waals surface area (Å²) in [5.41, 5.74) is 0. The second-order valence-electron chi connectivity index (χ2n) is 4.60. The van der Waals surface area contributed by atoms with Gasteiger partial charge >= 0.3 is 5.97 Å². The molecule has 0 fully saturated rings. The smallest absolute Gasteiger partial charge is 0.304 e. The van der Waals surface area contributed by atoms with E-state index in [4.69, 9.17) is 5.26 Å². The fourth-order valence-electron chi connectivity index (χ4n) is 1.85. The van der Waals surface area contributed by atoms with E-state index in [1.54, 1.807) is 5.94 Å². The molecule has 110 valence electrons. The van der Waals surface area contributed by atoms with Crippen molar-refractivity contribution in [1.29, 1.82) is 0 Å². The summed E-state index contributed by atoms with van der Waals surface area (Å²) in [7, 11) is 0. The number of carbonyl (C=O) groups is 1. The van der Waals surface area contributed by atoms with Gasteiger partial charge in [0.15, 0.2) is 0 Å². The molecule has 0 aromatic carbocycles. The molecule has 0 amide bonds. The summed E-state index contributed by atoms with van der Waals surface area (Å²) in [6.45, 7) is 2.86. The maximum absolute atomic E-state index is 11.2. The lowest BCUT2D eigenvalue weighted by molar-refractivity contribution is -0.236. The Bertz CT molecular complexity index is 275. The summed E-state index contributed by atoms with van der Waals surface area (Å²) in [4.78, 5) is 25.0. The van der Waals surface area contributed by atoms with Crippen LogP contribution in [0.5, 0.6) is 0 Å². The van der Waals surface area contributed by atoms with E-state index in [1.807, 2.05) is 0 Å². The Labute approximate surface area is 115 Å². The van der Waals surface area contributed by atoms with Gasteiger partial charge in [0.25, 0.3) is 0 Å². The summed E-state index contributed by atoms with van der Waals surface area (Å²) in [6, 6.07) is -0.674. The molecule has 0 aliphatic rings. The first kappa shape index (κ1) is 17.8. The minimum Gasteiger partial charge on any atom is -0.304 e. The van der Waals surface area contributed by atoms with Crippen molar-refractivity contribution < 1.29 is 19.7 Å². The average molecular weight is 271 g/mol. The summed E-state index contributed by atoms with van der Waals surface area (Å²) in [5.74, 6) is 0.834. The lowest BCUT2D eigenvalue weighted by Gasteiger charge is -2.12. The summed E-state index contributed by atoms with van der Waals surface area (Å²) >= 11 is 0. The maximum Gasteiger partial charge on any atom is 0.359 e. The van der Waals surface area contributed by atoms with Crippen LogP contribution in [0.3, 0.4) is 0 Å². The monoisotopic (exact) mass is 271 g/mol. The van der Waals surface area contributed by atoms with Crippen molar-refractivity contribution in [3.8, 4) is 0 Å². The van der Waals surface area contributed by atoms with Crippen LogP contribution in [0.2, 0.25) is 0 Å². The Morgan fingerprint density at radius 2 is 1.89 bits per heavy atom. The molecule has 2 N–H and O–H groups in total. The van der Waals surface area contributed by atoms with Crippen LogP contribution < -0.4 is 5.32 Å². The van der Waals surface area contributed by atoms with E-state index < -0.39 is 12.0 Å². The SMILES string of the molecule is CCCCCCCCCNC(CC=C=O)C(=O)OO. The van der Waals surface area contributed by atoms with Gasteiger partial charge in [0.2, 0.25) is 0 Å². The van der Waals surface area contributed by atoms with Gasteiger partial charge in [-0.2, -0.15) is 5.26 Å². The fraction of sp³-hybridized carbons (Fsp3) is 0.786. The van der Waals surface area contributed by atoms with Gasteiger partial charge in [-0.1, -0.05) is 45.4 Å². The number of nitrogens with one attached hydrogen (secondary N) is 1. The zero-order chi connectivity index (χ0) is 14.3. The van der Waals surface area contributed by atoms with Crippen molar-refractivity contribution in [3.05, 3.63) is 6.08 Å². The van der Waals surface area contributed by atoms with Crippen LogP contribution in [0, 0.1) is 0 Å². The zero-order valence-electron chi connectivity index (χ0n) is 11.7. The average Bonchev–Trinajstić information content (AvgIpc) is 2.44. The van der Waals surface area contributed by atoms with Gasteiger partial charge < -0.3 is 5.32 Å². The summed E-state index contributed by atoms with van der Waals surface area (Å²) in [6.07, 6.45) is 9.74. The zero-order valence-corrected chi connectivity index (χ0v) is 11.7.